The van der Waals surface area contributed by atoms with Crippen LogP contribution in [0.15, 0.2) is 59.6 Å². The lowest BCUT2D eigenvalue weighted by atomic mass is 10.2. The van der Waals surface area contributed by atoms with Gasteiger partial charge in [0.2, 0.25) is 5.91 Å². The van der Waals surface area contributed by atoms with Crippen LogP contribution in [0.2, 0.25) is 0 Å². The number of guanidine groups is 1. The summed E-state index contributed by atoms with van der Waals surface area (Å²) in [4.78, 5) is 20.1. The first-order valence-electron chi connectivity index (χ1n) is 9.50. The number of methoxy groups -OCH3 is 1. The van der Waals surface area contributed by atoms with Crippen molar-refractivity contribution in [1.82, 2.24) is 15.1 Å². The number of carbonyl (C=O) groups is 1. The number of hydrogen-bond donors (Lipinski definition) is 1. The van der Waals surface area contributed by atoms with Crippen LogP contribution in [0, 0.1) is 0 Å². The predicted octanol–water partition coefficient (Wildman–Crippen LogP) is 2.24. The molecule has 2 aromatic rings. The van der Waals surface area contributed by atoms with Crippen LogP contribution in [-0.2, 0) is 11.3 Å². The topological polar surface area (TPSA) is 66.4 Å². The van der Waals surface area contributed by atoms with E-state index in [1.54, 1.807) is 26.1 Å². The van der Waals surface area contributed by atoms with Gasteiger partial charge in [-0.15, -0.1) is 0 Å². The number of hydrogen-bond acceptors (Lipinski definition) is 4. The summed E-state index contributed by atoms with van der Waals surface area (Å²) in [6, 6.07) is 17.4. The number of rotatable bonds is 9. The number of nitrogens with zero attached hydrogens (tertiary/aromatic N) is 3. The van der Waals surface area contributed by atoms with Crippen molar-refractivity contribution in [2.45, 2.75) is 6.54 Å². The lowest BCUT2D eigenvalue weighted by Crippen LogP contribution is -2.45. The first kappa shape index (κ1) is 22.1. The van der Waals surface area contributed by atoms with Gasteiger partial charge in [0.1, 0.15) is 18.1 Å². The summed E-state index contributed by atoms with van der Waals surface area (Å²) in [5, 5.41) is 3.15. The van der Waals surface area contributed by atoms with Crippen LogP contribution >= 0.6 is 0 Å². The second kappa shape index (κ2) is 11.6. The van der Waals surface area contributed by atoms with Gasteiger partial charge in [0, 0.05) is 21.1 Å². The number of aliphatic imine (C=N–C) groups is 1. The maximum Gasteiger partial charge on any atom is 0.241 e. The maximum absolute atomic E-state index is 12.0. The van der Waals surface area contributed by atoms with Crippen LogP contribution in [-0.4, -0.2) is 69.6 Å². The van der Waals surface area contributed by atoms with E-state index in [9.17, 15) is 4.79 Å². The molecule has 0 fully saturated rings. The molecular weight excluding hydrogens is 368 g/mol. The van der Waals surface area contributed by atoms with Gasteiger partial charge >= 0.3 is 0 Å². The molecule has 0 saturated heterocycles. The molecule has 0 saturated carbocycles. The summed E-state index contributed by atoms with van der Waals surface area (Å²) in [6.07, 6.45) is 0. The standard InChI is InChI=1S/C22H30N4O3/c1-25(2)21(27)17-24-22(23-16-18-10-12-19(28-4)13-11-18)26(3)14-15-29-20-8-6-5-7-9-20/h5-13H,14-17H2,1-4H3,(H,23,24). The van der Waals surface area contributed by atoms with Crippen molar-refractivity contribution in [3.8, 4) is 11.5 Å². The molecule has 0 aliphatic heterocycles. The van der Waals surface area contributed by atoms with Crippen molar-refractivity contribution in [3.05, 3.63) is 60.2 Å². The maximum atomic E-state index is 12.0. The average molecular weight is 399 g/mol. The smallest absolute Gasteiger partial charge is 0.241 e. The fraction of sp³-hybridized carbons (Fsp3) is 0.364. The van der Waals surface area contributed by atoms with Gasteiger partial charge in [-0.3, -0.25) is 4.79 Å². The fourth-order valence-corrected chi connectivity index (χ4v) is 2.44. The Balaban J connectivity index is 1.98. The van der Waals surface area contributed by atoms with E-state index in [0.717, 1.165) is 17.1 Å². The molecule has 1 amide bonds. The van der Waals surface area contributed by atoms with Gasteiger partial charge in [0.15, 0.2) is 5.96 Å². The zero-order chi connectivity index (χ0) is 21.1. The van der Waals surface area contributed by atoms with Crippen molar-refractivity contribution in [2.24, 2.45) is 4.99 Å². The van der Waals surface area contributed by atoms with Gasteiger partial charge < -0.3 is 24.6 Å². The minimum Gasteiger partial charge on any atom is -0.497 e. The monoisotopic (exact) mass is 398 g/mol. The number of likely N-dealkylation sites (N-methyl/N-ethyl adjacent to an activating group) is 2. The van der Waals surface area contributed by atoms with E-state index >= 15 is 0 Å². The highest BCUT2D eigenvalue weighted by Gasteiger charge is 2.10. The molecular formula is C22H30N4O3. The Morgan fingerprint density at radius 2 is 1.69 bits per heavy atom. The molecule has 0 spiro atoms. The van der Waals surface area contributed by atoms with Crippen LogP contribution < -0.4 is 14.8 Å². The highest BCUT2D eigenvalue weighted by atomic mass is 16.5. The number of para-hydroxylation sites is 1. The van der Waals surface area contributed by atoms with Gasteiger partial charge in [0.25, 0.3) is 0 Å². The molecule has 2 aromatic carbocycles. The van der Waals surface area contributed by atoms with Crippen LogP contribution in [0.1, 0.15) is 5.56 Å². The van der Waals surface area contributed by atoms with Crippen molar-refractivity contribution >= 4 is 11.9 Å². The zero-order valence-corrected chi connectivity index (χ0v) is 17.6. The third-order valence-electron chi connectivity index (χ3n) is 4.27. The Morgan fingerprint density at radius 1 is 1.00 bits per heavy atom. The van der Waals surface area contributed by atoms with Crippen LogP contribution in [0.4, 0.5) is 0 Å². The fourth-order valence-electron chi connectivity index (χ4n) is 2.44. The first-order chi connectivity index (χ1) is 14.0. The van der Waals surface area contributed by atoms with Gasteiger partial charge in [-0.1, -0.05) is 30.3 Å². The molecule has 0 aliphatic carbocycles. The number of nitrogens with one attached hydrogen (secondary N) is 1. The summed E-state index contributed by atoms with van der Waals surface area (Å²) < 4.78 is 11.0. The predicted molar refractivity (Wildman–Crippen MR) is 115 cm³/mol. The van der Waals surface area contributed by atoms with Gasteiger partial charge in [-0.05, 0) is 29.8 Å². The molecule has 7 heteroatoms. The second-order valence-corrected chi connectivity index (χ2v) is 6.71. The Bertz CT molecular complexity index is 776. The molecule has 1 N–H and O–H groups in total. The van der Waals surface area contributed by atoms with E-state index in [2.05, 4.69) is 10.3 Å². The average Bonchev–Trinajstić information content (AvgIpc) is 2.74. The highest BCUT2D eigenvalue weighted by Crippen LogP contribution is 2.12. The Kier molecular flexibility index (Phi) is 8.82. The van der Waals surface area contributed by atoms with Crippen LogP contribution in [0.3, 0.4) is 0 Å². The summed E-state index contributed by atoms with van der Waals surface area (Å²) >= 11 is 0. The van der Waals surface area contributed by atoms with Crippen molar-refractivity contribution < 1.29 is 14.3 Å². The van der Waals surface area contributed by atoms with Crippen molar-refractivity contribution in [2.75, 3.05) is 47.9 Å². The van der Waals surface area contributed by atoms with E-state index in [0.29, 0.717) is 25.7 Å². The minimum absolute atomic E-state index is 0.0175. The van der Waals surface area contributed by atoms with E-state index in [-0.39, 0.29) is 12.5 Å². The normalized spacial score (nSPS) is 11.0. The quantitative estimate of drug-likeness (QED) is 0.518. The Hall–Kier alpha value is -3.22. The van der Waals surface area contributed by atoms with E-state index in [1.807, 2.05) is 66.5 Å². The lowest BCUT2D eigenvalue weighted by Gasteiger charge is -2.23. The molecule has 0 heterocycles. The second-order valence-electron chi connectivity index (χ2n) is 6.71. The zero-order valence-electron chi connectivity index (χ0n) is 17.6. The number of carbonyl (C=O) groups excluding carboxylic acids is 1. The first-order valence-corrected chi connectivity index (χ1v) is 9.50. The van der Waals surface area contributed by atoms with Crippen LogP contribution in [0.5, 0.6) is 11.5 Å². The highest BCUT2D eigenvalue weighted by molar-refractivity contribution is 5.86. The Morgan fingerprint density at radius 3 is 2.31 bits per heavy atom. The summed E-state index contributed by atoms with van der Waals surface area (Å²) in [5.41, 5.74) is 1.05. The molecule has 2 rings (SSSR count). The molecule has 0 bridgehead atoms. The SMILES string of the molecule is COc1ccc(CN=C(NCC(=O)N(C)C)N(C)CCOc2ccccc2)cc1. The molecule has 156 valence electrons. The third-order valence-corrected chi connectivity index (χ3v) is 4.27. The summed E-state index contributed by atoms with van der Waals surface area (Å²) in [6.45, 7) is 1.80. The summed E-state index contributed by atoms with van der Waals surface area (Å²) in [7, 11) is 7.03. The van der Waals surface area contributed by atoms with Gasteiger partial charge in [0.05, 0.1) is 26.7 Å². The molecule has 0 radical (unpaired) electrons. The number of ether oxygens (including phenoxy) is 2. The van der Waals surface area contributed by atoms with E-state index in [1.165, 1.54) is 0 Å². The summed E-state index contributed by atoms with van der Waals surface area (Å²) in [5.74, 6) is 2.26. The van der Waals surface area contributed by atoms with E-state index in [4.69, 9.17) is 9.47 Å². The minimum atomic E-state index is -0.0175. The van der Waals surface area contributed by atoms with Gasteiger partial charge in [-0.25, -0.2) is 4.99 Å². The Labute approximate surface area is 172 Å². The van der Waals surface area contributed by atoms with Gasteiger partial charge in [-0.2, -0.15) is 0 Å². The number of benzene rings is 2. The van der Waals surface area contributed by atoms with Crippen LogP contribution in [0.25, 0.3) is 0 Å². The van der Waals surface area contributed by atoms with E-state index < -0.39 is 0 Å². The van der Waals surface area contributed by atoms with Crippen molar-refractivity contribution in [1.29, 1.82) is 0 Å². The molecule has 0 aliphatic rings. The third kappa shape index (κ3) is 7.73. The number of amides is 1. The van der Waals surface area contributed by atoms with Crippen molar-refractivity contribution in [3.63, 3.8) is 0 Å². The largest absolute Gasteiger partial charge is 0.497 e. The molecule has 29 heavy (non-hydrogen) atoms. The molecule has 7 nitrogen and oxygen atoms in total. The molecule has 0 unspecified atom stereocenters. The lowest BCUT2D eigenvalue weighted by molar-refractivity contribution is -0.127. The molecule has 0 atom stereocenters. The molecule has 0 aromatic heterocycles.